The van der Waals surface area contributed by atoms with E-state index >= 15 is 0 Å². The lowest BCUT2D eigenvalue weighted by molar-refractivity contribution is 0.0985. The number of aromatic nitrogens is 2. The monoisotopic (exact) mass is 525 g/mol. The number of anilines is 4. The molecule has 2 N–H and O–H groups in total. The van der Waals surface area contributed by atoms with Crippen molar-refractivity contribution in [3.8, 4) is 6.07 Å². The standard InChI is InChI=1S/C24H21Cl2N7OS/c1-14-12-32(8-7-28-14)20-6-5-16(9-15(20)10-27)30-24-29-11-17-22(31-24)35-13-33(23(17)34)21-18(25)3-2-4-19(21)26/h2-6,9,11,14,28H,7-8,12-13H2,1H3,(H,29,30,31). The second-order valence-corrected chi connectivity index (χ2v) is 10.0. The van der Waals surface area contributed by atoms with Gasteiger partial charge in [-0.25, -0.2) is 9.97 Å². The van der Waals surface area contributed by atoms with Gasteiger partial charge in [0.25, 0.3) is 5.91 Å². The van der Waals surface area contributed by atoms with Crippen molar-refractivity contribution in [2.45, 2.75) is 18.0 Å². The van der Waals surface area contributed by atoms with Crippen LogP contribution in [0.5, 0.6) is 0 Å². The molecule has 11 heteroatoms. The van der Waals surface area contributed by atoms with Crippen LogP contribution in [0.4, 0.5) is 23.0 Å². The van der Waals surface area contributed by atoms with Crippen LogP contribution < -0.4 is 20.4 Å². The third kappa shape index (κ3) is 4.75. The normalized spacial score (nSPS) is 17.7. The molecule has 1 aromatic heterocycles. The molecule has 5 rings (SSSR count). The molecule has 178 valence electrons. The quantitative estimate of drug-likeness (QED) is 0.463. The van der Waals surface area contributed by atoms with Gasteiger partial charge in [0, 0.05) is 37.6 Å². The predicted molar refractivity (Wildman–Crippen MR) is 140 cm³/mol. The molecule has 2 aliphatic heterocycles. The number of halogens is 2. The summed E-state index contributed by atoms with van der Waals surface area (Å²) in [6.45, 7) is 4.70. The van der Waals surface area contributed by atoms with Gasteiger partial charge in [0.15, 0.2) is 0 Å². The maximum Gasteiger partial charge on any atom is 0.263 e. The minimum Gasteiger partial charge on any atom is -0.368 e. The Morgan fingerprint density at radius 1 is 1.26 bits per heavy atom. The molecule has 3 aromatic rings. The van der Waals surface area contributed by atoms with Crippen molar-refractivity contribution in [2.24, 2.45) is 0 Å². The third-order valence-electron chi connectivity index (χ3n) is 5.85. The maximum absolute atomic E-state index is 13.1. The van der Waals surface area contributed by atoms with Crippen molar-refractivity contribution in [1.82, 2.24) is 15.3 Å². The number of rotatable bonds is 4. The average molecular weight is 526 g/mol. The zero-order chi connectivity index (χ0) is 24.5. The topological polar surface area (TPSA) is 97.2 Å². The van der Waals surface area contributed by atoms with Crippen LogP contribution in [-0.4, -0.2) is 47.4 Å². The first-order valence-electron chi connectivity index (χ1n) is 11.0. The Morgan fingerprint density at radius 2 is 2.06 bits per heavy atom. The van der Waals surface area contributed by atoms with Crippen molar-refractivity contribution in [3.05, 3.63) is 63.8 Å². The summed E-state index contributed by atoms with van der Waals surface area (Å²) in [4.78, 5) is 25.8. The van der Waals surface area contributed by atoms with Gasteiger partial charge in [-0.3, -0.25) is 9.69 Å². The van der Waals surface area contributed by atoms with E-state index in [2.05, 4.69) is 38.5 Å². The predicted octanol–water partition coefficient (Wildman–Crippen LogP) is 4.91. The highest BCUT2D eigenvalue weighted by atomic mass is 35.5. The maximum atomic E-state index is 13.1. The summed E-state index contributed by atoms with van der Waals surface area (Å²) in [5.41, 5.74) is 3.05. The number of piperazine rings is 1. The Labute approximate surface area is 217 Å². The lowest BCUT2D eigenvalue weighted by Crippen LogP contribution is -2.49. The molecule has 1 saturated heterocycles. The van der Waals surface area contributed by atoms with Crippen LogP contribution in [0.25, 0.3) is 0 Å². The minimum absolute atomic E-state index is 0.262. The van der Waals surface area contributed by atoms with E-state index < -0.39 is 0 Å². The molecule has 1 fully saturated rings. The van der Waals surface area contributed by atoms with Crippen molar-refractivity contribution >= 4 is 63.9 Å². The first-order valence-corrected chi connectivity index (χ1v) is 12.7. The molecule has 0 radical (unpaired) electrons. The smallest absolute Gasteiger partial charge is 0.263 e. The Hall–Kier alpha value is -3.03. The van der Waals surface area contributed by atoms with E-state index in [-0.39, 0.29) is 5.91 Å². The van der Waals surface area contributed by atoms with Crippen LogP contribution in [0.1, 0.15) is 22.8 Å². The largest absolute Gasteiger partial charge is 0.368 e. The summed E-state index contributed by atoms with van der Waals surface area (Å²) in [6.07, 6.45) is 1.50. The first kappa shape index (κ1) is 23.7. The van der Waals surface area contributed by atoms with Gasteiger partial charge in [-0.1, -0.05) is 41.0 Å². The van der Waals surface area contributed by atoms with Gasteiger partial charge >= 0.3 is 0 Å². The van der Waals surface area contributed by atoms with Gasteiger partial charge in [-0.05, 0) is 37.3 Å². The number of hydrogen-bond donors (Lipinski definition) is 2. The molecule has 0 aliphatic carbocycles. The fourth-order valence-electron chi connectivity index (χ4n) is 4.19. The lowest BCUT2D eigenvalue weighted by Gasteiger charge is -2.34. The van der Waals surface area contributed by atoms with E-state index in [0.29, 0.717) is 55.4 Å². The number of thioether (sulfide) groups is 1. The Balaban J connectivity index is 1.36. The van der Waals surface area contributed by atoms with E-state index in [9.17, 15) is 10.1 Å². The van der Waals surface area contributed by atoms with Gasteiger partial charge in [-0.2, -0.15) is 5.26 Å². The minimum atomic E-state index is -0.262. The zero-order valence-corrected chi connectivity index (χ0v) is 21.1. The van der Waals surface area contributed by atoms with E-state index in [1.54, 1.807) is 24.3 Å². The molecule has 35 heavy (non-hydrogen) atoms. The van der Waals surface area contributed by atoms with Crippen LogP contribution in [-0.2, 0) is 0 Å². The number of nitrogens with one attached hydrogen (secondary N) is 2. The molecule has 0 bridgehead atoms. The second-order valence-electron chi connectivity index (χ2n) is 8.26. The number of carbonyl (C=O) groups excluding carboxylic acids is 1. The molecule has 1 atom stereocenters. The fourth-order valence-corrected chi connectivity index (χ4v) is 5.73. The summed E-state index contributed by atoms with van der Waals surface area (Å²) >= 11 is 14.0. The number of amides is 1. The molecule has 2 aromatic carbocycles. The number of fused-ring (bicyclic) bond motifs is 1. The number of nitriles is 1. The number of hydrogen-bond acceptors (Lipinski definition) is 8. The highest BCUT2D eigenvalue weighted by molar-refractivity contribution is 7.99. The third-order valence-corrected chi connectivity index (χ3v) is 7.43. The van der Waals surface area contributed by atoms with Gasteiger partial charge in [0.05, 0.1) is 38.4 Å². The van der Waals surface area contributed by atoms with Gasteiger partial charge in [0.1, 0.15) is 11.1 Å². The van der Waals surface area contributed by atoms with E-state index in [1.807, 2.05) is 12.1 Å². The van der Waals surface area contributed by atoms with Crippen molar-refractivity contribution in [1.29, 1.82) is 5.26 Å². The SMILES string of the molecule is CC1CN(c2ccc(Nc3ncc4c(n3)SCN(c3c(Cl)cccc3Cl)C4=O)cc2C#N)CCN1. The number of nitrogens with zero attached hydrogens (tertiary/aromatic N) is 5. The molecule has 0 spiro atoms. The molecule has 1 unspecified atom stereocenters. The summed E-state index contributed by atoms with van der Waals surface area (Å²) < 4.78 is 0. The lowest BCUT2D eigenvalue weighted by atomic mass is 10.1. The number of benzene rings is 2. The molecule has 3 heterocycles. The zero-order valence-electron chi connectivity index (χ0n) is 18.8. The van der Waals surface area contributed by atoms with E-state index in [1.165, 1.54) is 22.9 Å². The van der Waals surface area contributed by atoms with Crippen molar-refractivity contribution in [3.63, 3.8) is 0 Å². The van der Waals surface area contributed by atoms with Crippen molar-refractivity contribution in [2.75, 3.05) is 40.6 Å². The van der Waals surface area contributed by atoms with Crippen LogP contribution >= 0.6 is 35.0 Å². The highest BCUT2D eigenvalue weighted by Crippen LogP contribution is 2.39. The van der Waals surface area contributed by atoms with Gasteiger partial charge in [0.2, 0.25) is 5.95 Å². The highest BCUT2D eigenvalue weighted by Gasteiger charge is 2.30. The van der Waals surface area contributed by atoms with Crippen LogP contribution in [0.3, 0.4) is 0 Å². The van der Waals surface area contributed by atoms with Gasteiger partial charge in [-0.15, -0.1) is 0 Å². The Bertz CT molecular complexity index is 1330. The first-order chi connectivity index (χ1) is 16.9. The van der Waals surface area contributed by atoms with Crippen LogP contribution in [0.2, 0.25) is 10.0 Å². The molecular weight excluding hydrogens is 505 g/mol. The molecule has 1 amide bonds. The van der Waals surface area contributed by atoms with Crippen molar-refractivity contribution < 1.29 is 4.79 Å². The van der Waals surface area contributed by atoms with Crippen LogP contribution in [0, 0.1) is 11.3 Å². The summed E-state index contributed by atoms with van der Waals surface area (Å²) in [6, 6.07) is 13.4. The van der Waals surface area contributed by atoms with E-state index in [0.717, 1.165) is 25.3 Å². The summed E-state index contributed by atoms with van der Waals surface area (Å²) in [7, 11) is 0. The Morgan fingerprint density at radius 3 is 2.80 bits per heavy atom. The van der Waals surface area contributed by atoms with Crippen LogP contribution in [0.15, 0.2) is 47.6 Å². The molecular formula is C24H21Cl2N7OS. The van der Waals surface area contributed by atoms with Gasteiger partial charge < -0.3 is 15.5 Å². The number of carbonyl (C=O) groups is 1. The molecule has 0 saturated carbocycles. The summed E-state index contributed by atoms with van der Waals surface area (Å²) in [5, 5.41) is 17.7. The fraction of sp³-hybridized carbons (Fsp3) is 0.250. The Kier molecular flexibility index (Phi) is 6.71. The summed E-state index contributed by atoms with van der Waals surface area (Å²) in [5.74, 6) is 0.407. The second kappa shape index (κ2) is 9.91. The van der Waals surface area contributed by atoms with E-state index in [4.69, 9.17) is 23.2 Å². The average Bonchev–Trinajstić information content (AvgIpc) is 2.85. The molecule has 8 nitrogen and oxygen atoms in total. The number of para-hydroxylation sites is 1. The molecule has 2 aliphatic rings.